The first-order valence-corrected chi connectivity index (χ1v) is 9.55. The maximum Gasteiger partial charge on any atom is 0.240 e. The predicted octanol–water partition coefficient (Wildman–Crippen LogP) is 2.24. The quantitative estimate of drug-likeness (QED) is 0.792. The Bertz CT molecular complexity index is 836. The van der Waals surface area contributed by atoms with E-state index in [1.807, 2.05) is 32.0 Å². The summed E-state index contributed by atoms with van der Waals surface area (Å²) in [4.78, 5) is 16.4. The molecule has 1 amide bonds. The molecule has 2 N–H and O–H groups in total. The van der Waals surface area contributed by atoms with Crippen molar-refractivity contribution in [2.24, 2.45) is 0 Å². The van der Waals surface area contributed by atoms with Gasteiger partial charge >= 0.3 is 0 Å². The van der Waals surface area contributed by atoms with E-state index in [1.54, 1.807) is 31.3 Å². The average Bonchev–Trinajstić information content (AvgIpc) is 2.57. The van der Waals surface area contributed by atoms with Crippen LogP contribution in [0, 0.1) is 13.8 Å². The number of carbonyl (C=O) groups excluding carboxylic acids is 1. The Morgan fingerprint density at radius 2 is 1.96 bits per heavy atom. The topological polar surface area (TPSA) is 88.2 Å². The van der Waals surface area contributed by atoms with Gasteiger partial charge in [0.05, 0.1) is 16.6 Å². The zero-order valence-corrected chi connectivity index (χ0v) is 15.4. The molecule has 1 aromatic carbocycles. The fourth-order valence-corrected chi connectivity index (χ4v) is 3.75. The molecule has 7 heteroatoms. The van der Waals surface area contributed by atoms with E-state index in [2.05, 4.69) is 15.0 Å². The Morgan fingerprint density at radius 1 is 1.20 bits per heavy atom. The van der Waals surface area contributed by atoms with Crippen molar-refractivity contribution < 1.29 is 13.2 Å². The lowest BCUT2D eigenvalue weighted by molar-refractivity contribution is -0.121. The lowest BCUT2D eigenvalue weighted by atomic mass is 10.2. The number of hydrogen-bond acceptors (Lipinski definition) is 4. The summed E-state index contributed by atoms with van der Waals surface area (Å²) in [5.41, 5.74) is 2.30. The summed E-state index contributed by atoms with van der Waals surface area (Å²) in [5, 5.41) is 2.81. The minimum absolute atomic E-state index is 0.0382. The van der Waals surface area contributed by atoms with Gasteiger partial charge < -0.3 is 5.32 Å². The first-order chi connectivity index (χ1) is 11.8. The van der Waals surface area contributed by atoms with Gasteiger partial charge in [-0.2, -0.15) is 0 Å². The van der Waals surface area contributed by atoms with Crippen LogP contribution in [0.3, 0.4) is 0 Å². The third-order valence-corrected chi connectivity index (χ3v) is 5.39. The highest BCUT2D eigenvalue weighted by atomic mass is 32.2. The molecule has 6 nitrogen and oxygen atoms in total. The standard InChI is InChI=1S/C18H23N3O3S/c1-13-7-8-14(2)17(12-13)25(23,24)20-11-9-18(22)21-15(3)16-6-4-5-10-19-16/h4-8,10,12,15,20H,9,11H2,1-3H3,(H,21,22)/t15-/m0/s1. The fraction of sp³-hybridized carbons (Fsp3) is 0.333. The van der Waals surface area contributed by atoms with Crippen LogP contribution in [0.15, 0.2) is 47.5 Å². The normalized spacial score (nSPS) is 12.6. The molecular formula is C18H23N3O3S. The van der Waals surface area contributed by atoms with Gasteiger partial charge in [0.1, 0.15) is 0 Å². The van der Waals surface area contributed by atoms with Gasteiger partial charge in [-0.25, -0.2) is 13.1 Å². The van der Waals surface area contributed by atoms with Crippen molar-refractivity contribution in [1.82, 2.24) is 15.0 Å². The van der Waals surface area contributed by atoms with Crippen molar-refractivity contribution in [3.8, 4) is 0 Å². The van der Waals surface area contributed by atoms with Crippen molar-refractivity contribution >= 4 is 15.9 Å². The van der Waals surface area contributed by atoms with Crippen LogP contribution in [0.2, 0.25) is 0 Å². The zero-order valence-electron chi connectivity index (χ0n) is 14.6. The van der Waals surface area contributed by atoms with Crippen LogP contribution in [0.1, 0.15) is 36.2 Å². The Morgan fingerprint density at radius 3 is 2.64 bits per heavy atom. The van der Waals surface area contributed by atoms with Gasteiger partial charge in [0.2, 0.25) is 15.9 Å². The van der Waals surface area contributed by atoms with E-state index in [1.165, 1.54) is 0 Å². The average molecular weight is 361 g/mol. The van der Waals surface area contributed by atoms with Crippen molar-refractivity contribution in [1.29, 1.82) is 0 Å². The molecule has 0 bridgehead atoms. The smallest absolute Gasteiger partial charge is 0.240 e. The minimum atomic E-state index is -3.63. The molecule has 0 aliphatic carbocycles. The number of carbonyl (C=O) groups is 1. The van der Waals surface area contributed by atoms with Crippen molar-refractivity contribution in [3.63, 3.8) is 0 Å². The van der Waals surface area contributed by atoms with Crippen LogP contribution in [0.5, 0.6) is 0 Å². The molecule has 0 spiro atoms. The Kier molecular flexibility index (Phi) is 6.27. The van der Waals surface area contributed by atoms with Gasteiger partial charge in [-0.3, -0.25) is 9.78 Å². The summed E-state index contributed by atoms with van der Waals surface area (Å²) in [6.07, 6.45) is 1.72. The predicted molar refractivity (Wildman–Crippen MR) is 96.5 cm³/mol. The molecular weight excluding hydrogens is 338 g/mol. The highest BCUT2D eigenvalue weighted by molar-refractivity contribution is 7.89. The second kappa shape index (κ2) is 8.22. The largest absolute Gasteiger partial charge is 0.348 e. The third kappa shape index (κ3) is 5.37. The number of nitrogens with zero attached hydrogens (tertiary/aromatic N) is 1. The van der Waals surface area contributed by atoms with Crippen LogP contribution in [-0.4, -0.2) is 25.9 Å². The van der Waals surface area contributed by atoms with Crippen molar-refractivity contribution in [2.45, 2.75) is 38.1 Å². The summed E-state index contributed by atoms with van der Waals surface area (Å²) in [6.45, 7) is 5.46. The summed E-state index contributed by atoms with van der Waals surface area (Å²) >= 11 is 0. The van der Waals surface area contributed by atoms with Gasteiger partial charge in [-0.05, 0) is 50.1 Å². The van der Waals surface area contributed by atoms with E-state index in [-0.39, 0.29) is 29.8 Å². The Balaban J connectivity index is 1.89. The van der Waals surface area contributed by atoms with Crippen LogP contribution in [-0.2, 0) is 14.8 Å². The second-order valence-corrected chi connectivity index (χ2v) is 7.70. The van der Waals surface area contributed by atoms with Crippen LogP contribution >= 0.6 is 0 Å². The minimum Gasteiger partial charge on any atom is -0.348 e. The first kappa shape index (κ1) is 19.1. The van der Waals surface area contributed by atoms with Gasteiger partial charge in [0, 0.05) is 19.2 Å². The summed E-state index contributed by atoms with van der Waals surface area (Å²) in [6, 6.07) is 10.5. The molecule has 0 radical (unpaired) electrons. The van der Waals surface area contributed by atoms with E-state index >= 15 is 0 Å². The van der Waals surface area contributed by atoms with Gasteiger partial charge in [0.25, 0.3) is 0 Å². The van der Waals surface area contributed by atoms with E-state index in [4.69, 9.17) is 0 Å². The molecule has 1 aromatic heterocycles. The zero-order chi connectivity index (χ0) is 18.4. The highest BCUT2D eigenvalue weighted by Crippen LogP contribution is 2.16. The lowest BCUT2D eigenvalue weighted by Gasteiger charge is -2.14. The van der Waals surface area contributed by atoms with Gasteiger partial charge in [-0.1, -0.05) is 18.2 Å². The molecule has 0 fully saturated rings. The van der Waals surface area contributed by atoms with Crippen LogP contribution in [0.4, 0.5) is 0 Å². The molecule has 25 heavy (non-hydrogen) atoms. The summed E-state index contributed by atoms with van der Waals surface area (Å²) in [5.74, 6) is -0.234. The van der Waals surface area contributed by atoms with E-state index in [9.17, 15) is 13.2 Å². The number of hydrogen-bond donors (Lipinski definition) is 2. The number of nitrogens with one attached hydrogen (secondary N) is 2. The Labute approximate surface area is 148 Å². The SMILES string of the molecule is Cc1ccc(C)c(S(=O)(=O)NCCC(=O)N[C@@H](C)c2ccccn2)c1. The van der Waals surface area contributed by atoms with Crippen LogP contribution in [0.25, 0.3) is 0 Å². The molecule has 1 heterocycles. The summed E-state index contributed by atoms with van der Waals surface area (Å²) < 4.78 is 27.2. The Hall–Kier alpha value is -2.25. The second-order valence-electron chi connectivity index (χ2n) is 5.96. The summed E-state index contributed by atoms with van der Waals surface area (Å²) in [7, 11) is -3.63. The maximum atomic E-state index is 12.4. The molecule has 134 valence electrons. The first-order valence-electron chi connectivity index (χ1n) is 8.07. The monoisotopic (exact) mass is 361 g/mol. The molecule has 0 saturated heterocycles. The molecule has 2 rings (SSSR count). The molecule has 0 aliphatic heterocycles. The number of amides is 1. The highest BCUT2D eigenvalue weighted by Gasteiger charge is 2.17. The molecule has 0 unspecified atom stereocenters. The molecule has 2 aromatic rings. The van der Waals surface area contributed by atoms with Gasteiger partial charge in [0.15, 0.2) is 0 Å². The van der Waals surface area contributed by atoms with Crippen molar-refractivity contribution in [3.05, 3.63) is 59.4 Å². The van der Waals surface area contributed by atoms with E-state index < -0.39 is 10.0 Å². The lowest BCUT2D eigenvalue weighted by Crippen LogP contribution is -2.32. The molecule has 0 saturated carbocycles. The van der Waals surface area contributed by atoms with E-state index in [0.29, 0.717) is 5.56 Å². The van der Waals surface area contributed by atoms with Crippen molar-refractivity contribution in [2.75, 3.05) is 6.54 Å². The third-order valence-electron chi connectivity index (χ3n) is 3.79. The van der Waals surface area contributed by atoms with Crippen LogP contribution < -0.4 is 10.0 Å². The molecule has 0 aliphatic rings. The number of sulfonamides is 1. The number of aromatic nitrogens is 1. The number of aryl methyl sites for hydroxylation is 2. The maximum absolute atomic E-state index is 12.4. The number of rotatable bonds is 7. The number of pyridine rings is 1. The number of benzene rings is 1. The fourth-order valence-electron chi connectivity index (χ4n) is 2.39. The van der Waals surface area contributed by atoms with E-state index in [0.717, 1.165) is 11.3 Å². The molecule has 1 atom stereocenters. The van der Waals surface area contributed by atoms with Gasteiger partial charge in [-0.15, -0.1) is 0 Å².